The zero-order chi connectivity index (χ0) is 18.4. The molecule has 2 heterocycles. The van der Waals surface area contributed by atoms with E-state index < -0.39 is 34.6 Å². The first-order valence-corrected chi connectivity index (χ1v) is 6.99. The second kappa shape index (κ2) is 5.90. The summed E-state index contributed by atoms with van der Waals surface area (Å²) in [5.74, 6) is -1.89. The minimum atomic E-state index is -4.70. The van der Waals surface area contributed by atoms with Crippen LogP contribution in [0.25, 0.3) is 0 Å². The van der Waals surface area contributed by atoms with E-state index in [9.17, 15) is 28.2 Å². The van der Waals surface area contributed by atoms with Crippen LogP contribution >= 0.6 is 11.6 Å². The zero-order valence-corrected chi connectivity index (χ0v) is 13.6. The van der Waals surface area contributed by atoms with Gasteiger partial charge >= 0.3 is 6.18 Å². The van der Waals surface area contributed by atoms with Gasteiger partial charge in [-0.3, -0.25) is 4.79 Å². The highest BCUT2D eigenvalue weighted by Gasteiger charge is 2.35. The minimum Gasteiger partial charge on any atom is -0.493 e. The van der Waals surface area contributed by atoms with Gasteiger partial charge in [0.05, 0.1) is 5.56 Å². The van der Waals surface area contributed by atoms with E-state index in [1.165, 1.54) is 13.8 Å². The predicted molar refractivity (Wildman–Crippen MR) is 80.0 cm³/mol. The number of rotatable bonds is 2. The first-order chi connectivity index (χ1) is 11.0. The number of aromatic nitrogens is 2. The van der Waals surface area contributed by atoms with Gasteiger partial charge in [0.25, 0.3) is 0 Å². The molecule has 0 radical (unpaired) electrons. The van der Waals surface area contributed by atoms with Gasteiger partial charge in [-0.25, -0.2) is 4.98 Å². The lowest BCUT2D eigenvalue weighted by Gasteiger charge is -2.23. The van der Waals surface area contributed by atoms with Crippen molar-refractivity contribution in [3.05, 3.63) is 34.0 Å². The summed E-state index contributed by atoms with van der Waals surface area (Å²) in [5.41, 5.74) is -0.557. The molecule has 0 aromatic carbocycles. The summed E-state index contributed by atoms with van der Waals surface area (Å²) in [4.78, 5) is 15.5. The Balaban J connectivity index is 2.65. The normalized spacial score (nSPS) is 11.6. The molecule has 1 amide bonds. The van der Waals surface area contributed by atoms with E-state index in [0.717, 1.165) is 22.7 Å². The van der Waals surface area contributed by atoms with Crippen molar-refractivity contribution < 1.29 is 28.2 Å². The van der Waals surface area contributed by atoms with Gasteiger partial charge in [-0.15, -0.1) is 0 Å². The Morgan fingerprint density at radius 1 is 1.21 bits per heavy atom. The lowest BCUT2D eigenvalue weighted by Crippen LogP contribution is -2.34. The number of hydrogen-bond acceptors (Lipinski definition) is 4. The van der Waals surface area contributed by atoms with Gasteiger partial charge in [0.15, 0.2) is 5.82 Å². The van der Waals surface area contributed by atoms with Crippen molar-refractivity contribution >= 4 is 23.3 Å². The Bertz CT molecular complexity index is 792. The van der Waals surface area contributed by atoms with Crippen molar-refractivity contribution in [1.29, 1.82) is 0 Å². The fourth-order valence-electron chi connectivity index (χ4n) is 2.10. The Hall–Kier alpha value is -2.42. The van der Waals surface area contributed by atoms with Crippen LogP contribution in [0.1, 0.15) is 23.6 Å². The average molecular weight is 364 g/mol. The third-order valence-corrected chi connectivity index (χ3v) is 3.78. The summed E-state index contributed by atoms with van der Waals surface area (Å²) in [6.07, 6.45) is -4.70. The Morgan fingerprint density at radius 2 is 1.71 bits per heavy atom. The van der Waals surface area contributed by atoms with Gasteiger partial charge in [-0.1, -0.05) is 11.6 Å². The summed E-state index contributed by atoms with van der Waals surface area (Å²) < 4.78 is 39.0. The number of hydrogen-bond donors (Lipinski definition) is 2. The molecule has 0 saturated heterocycles. The molecule has 24 heavy (non-hydrogen) atoms. The quantitative estimate of drug-likeness (QED) is 0.802. The summed E-state index contributed by atoms with van der Waals surface area (Å²) in [7, 11) is 0. The van der Waals surface area contributed by atoms with Gasteiger partial charge in [-0.05, 0) is 26.0 Å². The fraction of sp³-hybridized carbons (Fsp3) is 0.286. The number of carbonyl (C=O) groups excluding carboxylic acids is 1. The van der Waals surface area contributed by atoms with E-state index in [0.29, 0.717) is 17.2 Å². The highest BCUT2D eigenvalue weighted by Crippen LogP contribution is 2.37. The summed E-state index contributed by atoms with van der Waals surface area (Å²) in [6.45, 7) is 4.11. The number of alkyl halides is 3. The number of nitrogens with zero attached hydrogens (tertiary/aromatic N) is 3. The van der Waals surface area contributed by atoms with E-state index in [1.54, 1.807) is 0 Å². The highest BCUT2D eigenvalue weighted by atomic mass is 35.5. The predicted octanol–water partition coefficient (Wildman–Crippen LogP) is 3.40. The molecule has 0 aliphatic carbocycles. The molecule has 0 atom stereocenters. The number of carbonyl (C=O) groups is 1. The third-order valence-electron chi connectivity index (χ3n) is 3.49. The van der Waals surface area contributed by atoms with Crippen molar-refractivity contribution in [3.63, 3.8) is 0 Å². The van der Waals surface area contributed by atoms with E-state index in [4.69, 9.17) is 11.6 Å². The first kappa shape index (κ1) is 17.9. The molecular weight excluding hydrogens is 351 g/mol. The number of anilines is 1. The molecule has 0 aliphatic rings. The monoisotopic (exact) mass is 363 g/mol. The average Bonchev–Trinajstić information content (AvgIpc) is 2.64. The van der Waals surface area contributed by atoms with Crippen molar-refractivity contribution in [2.75, 3.05) is 5.01 Å². The van der Waals surface area contributed by atoms with Gasteiger partial charge in [-0.2, -0.15) is 22.9 Å². The maximum atomic E-state index is 12.8. The van der Waals surface area contributed by atoms with Crippen LogP contribution in [0, 0.1) is 13.8 Å². The van der Waals surface area contributed by atoms with Crippen LogP contribution in [-0.2, 0) is 11.0 Å². The standard InChI is InChI=1S/C14H13ClF3N3O3/c1-6-7(2)13(24)21(12(6)23)20(8(3)22)10-5-4-9(11(15)19-10)14(16,17)18/h4-5,23-24H,1-3H3. The van der Waals surface area contributed by atoms with Crippen LogP contribution in [-0.4, -0.2) is 25.8 Å². The van der Waals surface area contributed by atoms with E-state index in [-0.39, 0.29) is 5.82 Å². The van der Waals surface area contributed by atoms with Gasteiger partial charge in [0, 0.05) is 18.1 Å². The maximum Gasteiger partial charge on any atom is 0.419 e. The van der Waals surface area contributed by atoms with Crippen LogP contribution in [0.15, 0.2) is 12.1 Å². The molecule has 0 spiro atoms. The molecule has 10 heteroatoms. The third kappa shape index (κ3) is 2.86. The Morgan fingerprint density at radius 3 is 2.08 bits per heavy atom. The summed E-state index contributed by atoms with van der Waals surface area (Å²) in [5, 5.41) is 20.1. The Kier molecular flexibility index (Phi) is 4.40. The van der Waals surface area contributed by atoms with Gasteiger partial charge in [0.1, 0.15) is 5.15 Å². The van der Waals surface area contributed by atoms with Crippen LogP contribution < -0.4 is 5.01 Å². The number of aromatic hydroxyl groups is 2. The van der Waals surface area contributed by atoms with Crippen LogP contribution in [0.3, 0.4) is 0 Å². The van der Waals surface area contributed by atoms with Crippen LogP contribution in [0.2, 0.25) is 5.15 Å². The molecule has 2 N–H and O–H groups in total. The molecule has 6 nitrogen and oxygen atoms in total. The topological polar surface area (TPSA) is 78.6 Å². The number of pyridine rings is 1. The van der Waals surface area contributed by atoms with E-state index in [1.807, 2.05) is 0 Å². The molecule has 0 saturated carbocycles. The van der Waals surface area contributed by atoms with Gasteiger partial charge in [0.2, 0.25) is 17.7 Å². The zero-order valence-electron chi connectivity index (χ0n) is 12.8. The SMILES string of the molecule is CC(=O)N(c1ccc(C(F)(F)F)c(Cl)n1)n1c(O)c(C)c(C)c1O. The summed E-state index contributed by atoms with van der Waals surface area (Å²) >= 11 is 5.56. The molecular formula is C14H13ClF3N3O3. The molecule has 2 aromatic heterocycles. The number of amides is 1. The highest BCUT2D eigenvalue weighted by molar-refractivity contribution is 6.30. The molecule has 0 fully saturated rings. The number of halogens is 4. The Labute approximate surface area is 139 Å². The fourth-order valence-corrected chi connectivity index (χ4v) is 2.36. The molecule has 0 bridgehead atoms. The molecule has 0 unspecified atom stereocenters. The maximum absolute atomic E-state index is 12.8. The molecule has 2 rings (SSSR count). The second-order valence-corrected chi connectivity index (χ2v) is 5.40. The van der Waals surface area contributed by atoms with Crippen LogP contribution in [0.4, 0.5) is 19.0 Å². The van der Waals surface area contributed by atoms with Gasteiger partial charge < -0.3 is 10.2 Å². The molecule has 0 aliphatic heterocycles. The second-order valence-electron chi connectivity index (χ2n) is 5.05. The van der Waals surface area contributed by atoms with Crippen molar-refractivity contribution in [2.45, 2.75) is 26.9 Å². The van der Waals surface area contributed by atoms with Crippen molar-refractivity contribution in [2.24, 2.45) is 0 Å². The van der Waals surface area contributed by atoms with E-state index >= 15 is 0 Å². The van der Waals surface area contributed by atoms with E-state index in [2.05, 4.69) is 4.98 Å². The smallest absolute Gasteiger partial charge is 0.419 e. The molecule has 130 valence electrons. The van der Waals surface area contributed by atoms with Crippen LogP contribution in [0.5, 0.6) is 11.8 Å². The lowest BCUT2D eigenvalue weighted by atomic mass is 10.2. The van der Waals surface area contributed by atoms with Crippen molar-refractivity contribution in [1.82, 2.24) is 9.66 Å². The largest absolute Gasteiger partial charge is 0.493 e. The minimum absolute atomic E-state index is 0.291. The lowest BCUT2D eigenvalue weighted by molar-refractivity contribution is -0.137. The first-order valence-electron chi connectivity index (χ1n) is 6.61. The summed E-state index contributed by atoms with van der Waals surface area (Å²) in [6, 6.07) is 1.58. The van der Waals surface area contributed by atoms with Crippen molar-refractivity contribution in [3.8, 4) is 11.8 Å². The molecule has 2 aromatic rings.